The van der Waals surface area contributed by atoms with E-state index in [1.165, 1.54) is 19.5 Å². The summed E-state index contributed by atoms with van der Waals surface area (Å²) in [5.74, 6) is 0.746. The van der Waals surface area contributed by atoms with Crippen molar-refractivity contribution < 1.29 is 5.11 Å². The van der Waals surface area contributed by atoms with Crippen LogP contribution in [0.5, 0.6) is 0 Å². The predicted octanol–water partition coefficient (Wildman–Crippen LogP) is 1.91. The number of hydrogen-bond donors (Lipinski definition) is 1. The molecule has 1 saturated heterocycles. The largest absolute Gasteiger partial charge is 0.387 e. The first-order valence-corrected chi connectivity index (χ1v) is 7.13. The van der Waals surface area contributed by atoms with Gasteiger partial charge >= 0.3 is 0 Å². The van der Waals surface area contributed by atoms with E-state index < -0.39 is 6.10 Å². The zero-order valence-electron chi connectivity index (χ0n) is 12.2. The highest BCUT2D eigenvalue weighted by molar-refractivity contribution is 5.43. The van der Waals surface area contributed by atoms with Crippen molar-refractivity contribution in [3.05, 3.63) is 24.0 Å². The van der Waals surface area contributed by atoms with Crippen LogP contribution in [0.1, 0.15) is 31.6 Å². The Labute approximate surface area is 116 Å². The molecule has 0 spiro atoms. The van der Waals surface area contributed by atoms with Crippen LogP contribution in [0.15, 0.2) is 18.3 Å². The average molecular weight is 263 g/mol. The van der Waals surface area contributed by atoms with Crippen LogP contribution < -0.4 is 4.90 Å². The summed E-state index contributed by atoms with van der Waals surface area (Å²) < 4.78 is 0. The summed E-state index contributed by atoms with van der Waals surface area (Å²) in [4.78, 5) is 9.01. The van der Waals surface area contributed by atoms with Crippen molar-refractivity contribution in [1.29, 1.82) is 0 Å². The van der Waals surface area contributed by atoms with E-state index in [9.17, 15) is 5.11 Å². The minimum absolute atomic E-state index is 0.442. The Bertz CT molecular complexity index is 393. The Morgan fingerprint density at radius 2 is 2.32 bits per heavy atom. The molecule has 0 bridgehead atoms. The van der Waals surface area contributed by atoms with E-state index in [1.807, 2.05) is 19.2 Å². The maximum atomic E-state index is 9.74. The topological polar surface area (TPSA) is 39.6 Å². The Hall–Kier alpha value is -1.13. The summed E-state index contributed by atoms with van der Waals surface area (Å²) in [6.45, 7) is 5.42. The summed E-state index contributed by atoms with van der Waals surface area (Å²) in [5.41, 5.74) is 1.89. The second-order valence-electron chi connectivity index (χ2n) is 5.66. The molecule has 1 aromatic rings. The number of aliphatic hydroxyl groups excluding tert-OH is 1. The van der Waals surface area contributed by atoms with E-state index >= 15 is 0 Å². The van der Waals surface area contributed by atoms with Crippen molar-refractivity contribution in [3.8, 4) is 0 Å². The summed E-state index contributed by atoms with van der Waals surface area (Å²) >= 11 is 0. The average Bonchev–Trinajstić information content (AvgIpc) is 2.83. The molecule has 2 atom stereocenters. The molecular weight excluding hydrogens is 238 g/mol. The van der Waals surface area contributed by atoms with Gasteiger partial charge < -0.3 is 14.9 Å². The molecule has 106 valence electrons. The molecule has 0 aliphatic carbocycles. The first-order valence-electron chi connectivity index (χ1n) is 7.13. The third-order valence-electron chi connectivity index (χ3n) is 3.96. The Balaban J connectivity index is 1.93. The van der Waals surface area contributed by atoms with E-state index in [0.717, 1.165) is 23.8 Å². The number of rotatable bonds is 5. The number of aromatic nitrogens is 1. The Morgan fingerprint density at radius 3 is 2.84 bits per heavy atom. The normalized spacial score (nSPS) is 21.6. The molecule has 4 heteroatoms. The van der Waals surface area contributed by atoms with Gasteiger partial charge in [0.05, 0.1) is 23.7 Å². The van der Waals surface area contributed by atoms with Gasteiger partial charge in [-0.25, -0.2) is 0 Å². The van der Waals surface area contributed by atoms with Crippen LogP contribution in [0.25, 0.3) is 0 Å². The van der Waals surface area contributed by atoms with Gasteiger partial charge in [-0.15, -0.1) is 0 Å². The lowest BCUT2D eigenvalue weighted by molar-refractivity contribution is 0.169. The van der Waals surface area contributed by atoms with Crippen LogP contribution in [0, 0.1) is 5.92 Å². The lowest BCUT2D eigenvalue weighted by Crippen LogP contribution is -2.27. The second kappa shape index (κ2) is 6.35. The number of pyridine rings is 1. The molecule has 19 heavy (non-hydrogen) atoms. The molecule has 0 radical (unpaired) electrons. The number of likely N-dealkylation sites (tertiary alicyclic amines) is 1. The molecule has 2 rings (SSSR count). The van der Waals surface area contributed by atoms with Crippen molar-refractivity contribution in [2.24, 2.45) is 5.92 Å². The monoisotopic (exact) mass is 263 g/mol. The van der Waals surface area contributed by atoms with Gasteiger partial charge in [-0.2, -0.15) is 0 Å². The van der Waals surface area contributed by atoms with E-state index in [4.69, 9.17) is 0 Å². The lowest BCUT2D eigenvalue weighted by atomic mass is 10.1. The molecule has 1 aliphatic heterocycles. The molecule has 1 fully saturated rings. The summed E-state index contributed by atoms with van der Waals surface area (Å²) in [5, 5.41) is 9.74. The van der Waals surface area contributed by atoms with Crippen molar-refractivity contribution in [1.82, 2.24) is 9.88 Å². The van der Waals surface area contributed by atoms with Gasteiger partial charge in [0.1, 0.15) is 0 Å². The van der Waals surface area contributed by atoms with E-state index in [-0.39, 0.29) is 0 Å². The first-order chi connectivity index (χ1) is 9.10. The first kappa shape index (κ1) is 14.3. The number of anilines is 1. The lowest BCUT2D eigenvalue weighted by Gasteiger charge is -2.23. The molecule has 1 aliphatic rings. The highest BCUT2D eigenvalue weighted by Gasteiger charge is 2.21. The van der Waals surface area contributed by atoms with E-state index in [1.54, 1.807) is 0 Å². The fourth-order valence-corrected chi connectivity index (χ4v) is 2.70. The minimum Gasteiger partial charge on any atom is -0.387 e. The number of nitrogens with zero attached hydrogens (tertiary/aromatic N) is 3. The Kier molecular flexibility index (Phi) is 4.77. The molecule has 1 unspecified atom stereocenters. The van der Waals surface area contributed by atoms with E-state index in [0.29, 0.717) is 6.42 Å². The van der Waals surface area contributed by atoms with E-state index in [2.05, 4.69) is 34.9 Å². The number of aliphatic hydroxyl groups is 1. The van der Waals surface area contributed by atoms with Crippen molar-refractivity contribution in [2.45, 2.75) is 25.9 Å². The van der Waals surface area contributed by atoms with Gasteiger partial charge in [0.25, 0.3) is 0 Å². The zero-order valence-corrected chi connectivity index (χ0v) is 12.2. The molecule has 1 N–H and O–H groups in total. The zero-order chi connectivity index (χ0) is 13.8. The standard InChI is InChI=1S/C15H25N3O/c1-4-15(19)14-6-5-13(9-16-14)18(3)11-12-7-8-17(2)10-12/h5-6,9,12,15,19H,4,7-8,10-11H2,1-3H3/t12?,15-/m1/s1. The second-order valence-corrected chi connectivity index (χ2v) is 5.66. The molecular formula is C15H25N3O. The van der Waals surface area contributed by atoms with Crippen LogP contribution >= 0.6 is 0 Å². The quantitative estimate of drug-likeness (QED) is 0.881. The van der Waals surface area contributed by atoms with Crippen molar-refractivity contribution >= 4 is 5.69 Å². The van der Waals surface area contributed by atoms with Crippen LogP contribution in [-0.4, -0.2) is 48.7 Å². The Morgan fingerprint density at radius 1 is 1.53 bits per heavy atom. The maximum absolute atomic E-state index is 9.74. The van der Waals surface area contributed by atoms with Gasteiger partial charge in [0, 0.05) is 20.1 Å². The van der Waals surface area contributed by atoms with Gasteiger partial charge in [-0.3, -0.25) is 4.98 Å². The molecule has 1 aromatic heterocycles. The van der Waals surface area contributed by atoms with Gasteiger partial charge in [-0.1, -0.05) is 6.92 Å². The van der Waals surface area contributed by atoms with Gasteiger partial charge in [0.15, 0.2) is 0 Å². The van der Waals surface area contributed by atoms with Crippen molar-refractivity contribution in [2.75, 3.05) is 38.6 Å². The molecule has 2 heterocycles. The summed E-state index contributed by atoms with van der Waals surface area (Å²) in [6, 6.07) is 3.99. The molecule has 0 aromatic carbocycles. The maximum Gasteiger partial charge on any atom is 0.0957 e. The van der Waals surface area contributed by atoms with Crippen LogP contribution in [0.2, 0.25) is 0 Å². The summed E-state index contributed by atoms with van der Waals surface area (Å²) in [7, 11) is 4.30. The van der Waals surface area contributed by atoms with Crippen LogP contribution in [0.4, 0.5) is 5.69 Å². The van der Waals surface area contributed by atoms with Gasteiger partial charge in [-0.05, 0) is 44.5 Å². The molecule has 0 saturated carbocycles. The third kappa shape index (κ3) is 3.67. The smallest absolute Gasteiger partial charge is 0.0957 e. The minimum atomic E-state index is -0.442. The van der Waals surface area contributed by atoms with Gasteiger partial charge in [0.2, 0.25) is 0 Å². The fraction of sp³-hybridized carbons (Fsp3) is 0.667. The highest BCUT2D eigenvalue weighted by Crippen LogP contribution is 2.21. The molecule has 4 nitrogen and oxygen atoms in total. The summed E-state index contributed by atoms with van der Waals surface area (Å²) in [6.07, 6.45) is 3.41. The SMILES string of the molecule is CC[C@@H](O)c1ccc(N(C)CC2CCN(C)C2)cn1. The van der Waals surface area contributed by atoms with Crippen LogP contribution in [0.3, 0.4) is 0 Å². The van der Waals surface area contributed by atoms with Crippen molar-refractivity contribution in [3.63, 3.8) is 0 Å². The number of hydrogen-bond acceptors (Lipinski definition) is 4. The fourth-order valence-electron chi connectivity index (χ4n) is 2.70. The highest BCUT2D eigenvalue weighted by atomic mass is 16.3. The predicted molar refractivity (Wildman–Crippen MR) is 78.4 cm³/mol. The third-order valence-corrected chi connectivity index (χ3v) is 3.96. The van der Waals surface area contributed by atoms with Crippen LogP contribution in [-0.2, 0) is 0 Å². The molecule has 0 amide bonds.